The molecular formula is C29H25NO4. The Kier molecular flexibility index (Phi) is 5.91. The molecule has 0 spiro atoms. The molecule has 5 heteroatoms. The largest absolute Gasteiger partial charge is 0.497 e. The summed E-state index contributed by atoms with van der Waals surface area (Å²) in [6.45, 7) is 2.64. The number of carbonyl (C=O) groups excluding carboxylic acids is 1. The predicted octanol–water partition coefficient (Wildman–Crippen LogP) is 6.80. The SMILES string of the molecule is CCOC(=O)c1c(-c2ccc(-c3ccco3)cc2)c2ccccc2n1Cc1cccc(OC)c1. The number of esters is 1. The smallest absolute Gasteiger partial charge is 0.355 e. The maximum Gasteiger partial charge on any atom is 0.355 e. The van der Waals surface area contributed by atoms with Gasteiger partial charge in [-0.25, -0.2) is 4.79 Å². The molecule has 0 radical (unpaired) electrons. The number of methoxy groups -OCH3 is 1. The van der Waals surface area contributed by atoms with Crippen molar-refractivity contribution in [3.63, 3.8) is 0 Å². The van der Waals surface area contributed by atoms with Crippen LogP contribution in [0.3, 0.4) is 0 Å². The summed E-state index contributed by atoms with van der Waals surface area (Å²) in [6, 6.07) is 27.8. The van der Waals surface area contributed by atoms with Gasteiger partial charge >= 0.3 is 5.97 Å². The van der Waals surface area contributed by atoms with E-state index in [0.29, 0.717) is 18.8 Å². The van der Waals surface area contributed by atoms with Gasteiger partial charge in [0.25, 0.3) is 0 Å². The third-order valence-corrected chi connectivity index (χ3v) is 5.89. The van der Waals surface area contributed by atoms with Gasteiger partial charge in [-0.15, -0.1) is 0 Å². The van der Waals surface area contributed by atoms with Crippen LogP contribution in [0, 0.1) is 0 Å². The molecule has 0 saturated heterocycles. The molecule has 0 atom stereocenters. The van der Waals surface area contributed by atoms with Gasteiger partial charge in [0.05, 0.1) is 20.0 Å². The number of hydrogen-bond acceptors (Lipinski definition) is 4. The molecule has 0 aliphatic carbocycles. The number of fused-ring (bicyclic) bond motifs is 1. The molecule has 3 aromatic carbocycles. The van der Waals surface area contributed by atoms with Crippen molar-refractivity contribution in [2.24, 2.45) is 0 Å². The fourth-order valence-electron chi connectivity index (χ4n) is 4.37. The normalized spacial score (nSPS) is 11.0. The molecule has 0 bridgehead atoms. The van der Waals surface area contributed by atoms with E-state index in [1.165, 1.54) is 0 Å². The van der Waals surface area contributed by atoms with Gasteiger partial charge in [-0.3, -0.25) is 0 Å². The van der Waals surface area contributed by atoms with Gasteiger partial charge in [-0.2, -0.15) is 0 Å². The molecule has 2 heterocycles. The first-order valence-electron chi connectivity index (χ1n) is 11.2. The molecule has 0 fully saturated rings. The molecule has 170 valence electrons. The summed E-state index contributed by atoms with van der Waals surface area (Å²) < 4.78 is 18.5. The van der Waals surface area contributed by atoms with E-state index >= 15 is 0 Å². The Labute approximate surface area is 198 Å². The number of aromatic nitrogens is 1. The average molecular weight is 452 g/mol. The number of para-hydroxylation sites is 1. The second-order valence-corrected chi connectivity index (χ2v) is 7.95. The summed E-state index contributed by atoms with van der Waals surface area (Å²) in [7, 11) is 1.65. The number of ether oxygens (including phenoxy) is 2. The molecule has 0 unspecified atom stereocenters. The Hall–Kier alpha value is -4.25. The van der Waals surface area contributed by atoms with E-state index in [1.807, 2.05) is 90.4 Å². The highest BCUT2D eigenvalue weighted by atomic mass is 16.5. The standard InChI is InChI=1S/C29H25NO4/c1-3-33-29(31)28-27(22-15-13-21(14-16-22)26-12-7-17-34-26)24-10-4-5-11-25(24)30(28)19-20-8-6-9-23(18-20)32-2/h4-18H,3,19H2,1-2H3. The van der Waals surface area contributed by atoms with Crippen LogP contribution in [-0.4, -0.2) is 24.3 Å². The van der Waals surface area contributed by atoms with Gasteiger partial charge in [0, 0.05) is 28.6 Å². The van der Waals surface area contributed by atoms with Crippen molar-refractivity contribution in [3.8, 4) is 28.2 Å². The zero-order valence-corrected chi connectivity index (χ0v) is 19.2. The fraction of sp³-hybridized carbons (Fsp3) is 0.138. The molecule has 0 aliphatic rings. The molecule has 0 saturated carbocycles. The van der Waals surface area contributed by atoms with Gasteiger partial charge in [0.1, 0.15) is 17.2 Å². The Morgan fingerprint density at radius 1 is 0.912 bits per heavy atom. The van der Waals surface area contributed by atoms with Crippen molar-refractivity contribution in [2.75, 3.05) is 13.7 Å². The predicted molar refractivity (Wildman–Crippen MR) is 133 cm³/mol. The lowest BCUT2D eigenvalue weighted by atomic mass is 10.00. The van der Waals surface area contributed by atoms with Crippen molar-refractivity contribution >= 4 is 16.9 Å². The summed E-state index contributed by atoms with van der Waals surface area (Å²) in [5.41, 5.74) is 5.33. The molecule has 2 aromatic heterocycles. The van der Waals surface area contributed by atoms with Crippen LogP contribution < -0.4 is 4.74 Å². The van der Waals surface area contributed by atoms with Crippen LogP contribution in [0.2, 0.25) is 0 Å². The van der Waals surface area contributed by atoms with Gasteiger partial charge in [-0.05, 0) is 48.4 Å². The Morgan fingerprint density at radius 3 is 2.44 bits per heavy atom. The third kappa shape index (κ3) is 3.97. The van der Waals surface area contributed by atoms with Crippen molar-refractivity contribution in [1.29, 1.82) is 0 Å². The zero-order chi connectivity index (χ0) is 23.5. The summed E-state index contributed by atoms with van der Waals surface area (Å²) in [5.74, 6) is 1.24. The molecule has 0 amide bonds. The molecule has 0 N–H and O–H groups in total. The number of benzene rings is 3. The molecular weight excluding hydrogens is 426 g/mol. The summed E-state index contributed by atoms with van der Waals surface area (Å²) in [5, 5.41) is 0.999. The molecule has 5 aromatic rings. The zero-order valence-electron chi connectivity index (χ0n) is 19.2. The maximum atomic E-state index is 13.3. The van der Waals surface area contributed by atoms with Crippen molar-refractivity contribution in [3.05, 3.63) is 102 Å². The van der Waals surface area contributed by atoms with E-state index in [1.54, 1.807) is 13.4 Å². The highest BCUT2D eigenvalue weighted by Crippen LogP contribution is 2.37. The Morgan fingerprint density at radius 2 is 1.71 bits per heavy atom. The van der Waals surface area contributed by atoms with Crippen LogP contribution >= 0.6 is 0 Å². The number of nitrogens with zero attached hydrogens (tertiary/aromatic N) is 1. The molecule has 5 rings (SSSR count). The van der Waals surface area contributed by atoms with E-state index in [9.17, 15) is 4.79 Å². The van der Waals surface area contributed by atoms with Crippen LogP contribution in [0.5, 0.6) is 5.75 Å². The number of hydrogen-bond donors (Lipinski definition) is 0. The lowest BCUT2D eigenvalue weighted by molar-refractivity contribution is 0.0516. The van der Waals surface area contributed by atoms with Crippen molar-refractivity contribution in [1.82, 2.24) is 4.57 Å². The van der Waals surface area contributed by atoms with Crippen molar-refractivity contribution in [2.45, 2.75) is 13.5 Å². The van der Waals surface area contributed by atoms with Crippen LogP contribution in [-0.2, 0) is 11.3 Å². The quantitative estimate of drug-likeness (QED) is 0.255. The highest BCUT2D eigenvalue weighted by molar-refractivity contribution is 6.08. The summed E-state index contributed by atoms with van der Waals surface area (Å²) in [4.78, 5) is 13.3. The van der Waals surface area contributed by atoms with E-state index in [2.05, 4.69) is 6.07 Å². The first-order valence-corrected chi connectivity index (χ1v) is 11.2. The van der Waals surface area contributed by atoms with Crippen LogP contribution in [0.15, 0.2) is 95.6 Å². The van der Waals surface area contributed by atoms with E-state index in [4.69, 9.17) is 13.9 Å². The van der Waals surface area contributed by atoms with E-state index in [0.717, 1.165) is 44.7 Å². The number of rotatable bonds is 7. The molecule has 0 aliphatic heterocycles. The first kappa shape index (κ1) is 21.6. The first-order chi connectivity index (χ1) is 16.7. The number of furan rings is 1. The van der Waals surface area contributed by atoms with Gasteiger partial charge in [-0.1, -0.05) is 54.6 Å². The monoisotopic (exact) mass is 451 g/mol. The van der Waals surface area contributed by atoms with Crippen molar-refractivity contribution < 1.29 is 18.7 Å². The minimum atomic E-state index is -0.341. The maximum absolute atomic E-state index is 13.3. The second kappa shape index (κ2) is 9.32. The van der Waals surface area contributed by atoms with Gasteiger partial charge in [0.15, 0.2) is 0 Å². The highest BCUT2D eigenvalue weighted by Gasteiger charge is 2.25. The minimum absolute atomic E-state index is 0.302. The lowest BCUT2D eigenvalue weighted by Gasteiger charge is -2.13. The number of carbonyl (C=O) groups is 1. The van der Waals surface area contributed by atoms with E-state index in [-0.39, 0.29) is 5.97 Å². The van der Waals surface area contributed by atoms with Gasteiger partial charge < -0.3 is 18.5 Å². The summed E-state index contributed by atoms with van der Waals surface area (Å²) >= 11 is 0. The van der Waals surface area contributed by atoms with Crippen LogP contribution in [0.25, 0.3) is 33.4 Å². The summed E-state index contributed by atoms with van der Waals surface area (Å²) in [6.07, 6.45) is 1.66. The Bertz CT molecular complexity index is 1430. The molecule has 34 heavy (non-hydrogen) atoms. The molecule has 5 nitrogen and oxygen atoms in total. The van der Waals surface area contributed by atoms with E-state index < -0.39 is 0 Å². The third-order valence-electron chi connectivity index (χ3n) is 5.89. The lowest BCUT2D eigenvalue weighted by Crippen LogP contribution is -2.14. The Balaban J connectivity index is 1.69. The topological polar surface area (TPSA) is 53.6 Å². The average Bonchev–Trinajstić information content (AvgIpc) is 3.52. The second-order valence-electron chi connectivity index (χ2n) is 7.95. The van der Waals surface area contributed by atoms with Gasteiger partial charge in [0.2, 0.25) is 0 Å². The minimum Gasteiger partial charge on any atom is -0.497 e. The van der Waals surface area contributed by atoms with Crippen LogP contribution in [0.4, 0.5) is 0 Å². The van der Waals surface area contributed by atoms with Crippen LogP contribution in [0.1, 0.15) is 23.0 Å². The fourth-order valence-corrected chi connectivity index (χ4v) is 4.37.